The summed E-state index contributed by atoms with van der Waals surface area (Å²) in [6, 6.07) is 7.12. The number of benzene rings is 1. The highest BCUT2D eigenvalue weighted by molar-refractivity contribution is 5.96. The Morgan fingerprint density at radius 3 is 2.82 bits per heavy atom. The second kappa shape index (κ2) is 4.86. The van der Waals surface area contributed by atoms with Crippen molar-refractivity contribution in [3.05, 3.63) is 24.3 Å². The highest BCUT2D eigenvalue weighted by Crippen LogP contribution is 2.19. The molecule has 5 nitrogen and oxygen atoms in total. The molecule has 0 radical (unpaired) electrons. The quantitative estimate of drug-likeness (QED) is 0.658. The molecule has 1 aliphatic heterocycles. The van der Waals surface area contributed by atoms with E-state index in [0.717, 1.165) is 0 Å². The predicted octanol–water partition coefficient (Wildman–Crippen LogP) is 0.733. The fraction of sp³-hybridized carbons (Fsp3) is 0.333. The second-order valence-electron chi connectivity index (χ2n) is 4.12. The summed E-state index contributed by atoms with van der Waals surface area (Å²) in [5, 5.41) is 5.46. The predicted molar refractivity (Wildman–Crippen MR) is 65.2 cm³/mol. The number of nitrogens with one attached hydrogen (secondary N) is 2. The fourth-order valence-electron chi connectivity index (χ4n) is 1.80. The zero-order valence-electron chi connectivity index (χ0n) is 9.40. The minimum absolute atomic E-state index is 0.00766. The molecule has 1 aliphatic rings. The molecule has 4 N–H and O–H groups in total. The topological polar surface area (TPSA) is 84.2 Å². The van der Waals surface area contributed by atoms with Gasteiger partial charge in [0.05, 0.1) is 17.3 Å². The van der Waals surface area contributed by atoms with E-state index in [2.05, 4.69) is 10.6 Å². The second-order valence-corrected chi connectivity index (χ2v) is 4.12. The molecule has 17 heavy (non-hydrogen) atoms. The summed E-state index contributed by atoms with van der Waals surface area (Å²) in [4.78, 5) is 22.9. The maximum Gasteiger partial charge on any atom is 0.229 e. The standard InChI is InChI=1S/C12H15N3O2/c13-9-3-1-2-4-10(9)15-12(17)8-5-6-11(16)14-7-8/h1-4,8H,5-7,13H2,(H,14,16)(H,15,17). The van der Waals surface area contributed by atoms with Gasteiger partial charge in [0.1, 0.15) is 0 Å². The highest BCUT2D eigenvalue weighted by atomic mass is 16.2. The molecule has 1 heterocycles. The van der Waals surface area contributed by atoms with Gasteiger partial charge in [-0.25, -0.2) is 0 Å². The van der Waals surface area contributed by atoms with Gasteiger partial charge >= 0.3 is 0 Å². The van der Waals surface area contributed by atoms with E-state index in [1.807, 2.05) is 12.1 Å². The van der Waals surface area contributed by atoms with E-state index >= 15 is 0 Å². The molecular weight excluding hydrogens is 218 g/mol. The zero-order chi connectivity index (χ0) is 12.3. The third-order valence-corrected chi connectivity index (χ3v) is 2.85. The van der Waals surface area contributed by atoms with Crippen LogP contribution in [-0.4, -0.2) is 18.4 Å². The van der Waals surface area contributed by atoms with Crippen molar-refractivity contribution >= 4 is 23.2 Å². The van der Waals surface area contributed by atoms with E-state index in [1.165, 1.54) is 0 Å². The van der Waals surface area contributed by atoms with Crippen LogP contribution in [0.3, 0.4) is 0 Å². The first-order chi connectivity index (χ1) is 8.16. The molecule has 1 fully saturated rings. The Morgan fingerprint density at radius 1 is 1.41 bits per heavy atom. The van der Waals surface area contributed by atoms with Crippen LogP contribution in [0.2, 0.25) is 0 Å². The monoisotopic (exact) mass is 233 g/mol. The van der Waals surface area contributed by atoms with Crippen molar-refractivity contribution in [2.75, 3.05) is 17.6 Å². The zero-order valence-corrected chi connectivity index (χ0v) is 9.40. The molecule has 2 rings (SSSR count). The van der Waals surface area contributed by atoms with Gasteiger partial charge in [-0.15, -0.1) is 0 Å². The molecule has 90 valence electrons. The number of piperidine rings is 1. The van der Waals surface area contributed by atoms with Crippen molar-refractivity contribution in [1.82, 2.24) is 5.32 Å². The minimum atomic E-state index is -0.174. The fourth-order valence-corrected chi connectivity index (χ4v) is 1.80. The van der Waals surface area contributed by atoms with E-state index in [-0.39, 0.29) is 17.7 Å². The molecule has 0 saturated carbocycles. The van der Waals surface area contributed by atoms with E-state index < -0.39 is 0 Å². The maximum absolute atomic E-state index is 11.9. The summed E-state index contributed by atoms with van der Waals surface area (Å²) >= 11 is 0. The van der Waals surface area contributed by atoms with Gasteiger partial charge in [0, 0.05) is 13.0 Å². The van der Waals surface area contributed by atoms with Crippen LogP contribution in [0.25, 0.3) is 0 Å². The first-order valence-electron chi connectivity index (χ1n) is 5.59. The molecule has 0 spiro atoms. The SMILES string of the molecule is Nc1ccccc1NC(=O)C1CCC(=O)NC1. The molecule has 1 atom stereocenters. The van der Waals surface area contributed by atoms with E-state index in [0.29, 0.717) is 30.8 Å². The molecule has 1 aromatic carbocycles. The molecule has 1 unspecified atom stereocenters. The average molecular weight is 233 g/mol. The number of anilines is 2. The normalized spacial score (nSPS) is 19.5. The van der Waals surface area contributed by atoms with Crippen molar-refractivity contribution in [3.8, 4) is 0 Å². The third kappa shape index (κ3) is 2.75. The Morgan fingerprint density at radius 2 is 2.18 bits per heavy atom. The number of amides is 2. The Labute approximate surface area is 99.4 Å². The molecule has 0 aromatic heterocycles. The number of hydrogen-bond donors (Lipinski definition) is 3. The molecule has 1 aromatic rings. The largest absolute Gasteiger partial charge is 0.397 e. The van der Waals surface area contributed by atoms with Crippen LogP contribution < -0.4 is 16.4 Å². The summed E-state index contributed by atoms with van der Waals surface area (Å²) in [5.74, 6) is -0.261. The van der Waals surface area contributed by atoms with Gasteiger partial charge in [-0.1, -0.05) is 12.1 Å². The maximum atomic E-state index is 11.9. The lowest BCUT2D eigenvalue weighted by molar-refractivity contribution is -0.126. The molecule has 2 amide bonds. The highest BCUT2D eigenvalue weighted by Gasteiger charge is 2.24. The Bertz CT molecular complexity index is 435. The van der Waals surface area contributed by atoms with Crippen LogP contribution >= 0.6 is 0 Å². The van der Waals surface area contributed by atoms with Crippen molar-refractivity contribution in [1.29, 1.82) is 0 Å². The smallest absolute Gasteiger partial charge is 0.229 e. The Hall–Kier alpha value is -2.04. The van der Waals surface area contributed by atoms with Crippen LogP contribution in [0.5, 0.6) is 0 Å². The first kappa shape index (κ1) is 11.4. The summed E-state index contributed by atoms with van der Waals surface area (Å²) in [6.45, 7) is 0.400. The van der Waals surface area contributed by atoms with Crippen LogP contribution in [0, 0.1) is 5.92 Å². The van der Waals surface area contributed by atoms with Crippen molar-refractivity contribution in [3.63, 3.8) is 0 Å². The van der Waals surface area contributed by atoms with E-state index in [4.69, 9.17) is 5.73 Å². The minimum Gasteiger partial charge on any atom is -0.397 e. The van der Waals surface area contributed by atoms with Crippen LogP contribution in [0.4, 0.5) is 11.4 Å². The number of nitrogens with two attached hydrogens (primary N) is 1. The molecular formula is C12H15N3O2. The van der Waals surface area contributed by atoms with E-state index in [9.17, 15) is 9.59 Å². The molecule has 5 heteroatoms. The number of carbonyl (C=O) groups is 2. The van der Waals surface area contributed by atoms with Crippen molar-refractivity contribution in [2.24, 2.45) is 5.92 Å². The van der Waals surface area contributed by atoms with Gasteiger partial charge in [-0.05, 0) is 18.6 Å². The van der Waals surface area contributed by atoms with Crippen LogP contribution in [0.1, 0.15) is 12.8 Å². The van der Waals surface area contributed by atoms with Crippen molar-refractivity contribution in [2.45, 2.75) is 12.8 Å². The molecule has 0 bridgehead atoms. The van der Waals surface area contributed by atoms with E-state index in [1.54, 1.807) is 12.1 Å². The van der Waals surface area contributed by atoms with Crippen LogP contribution in [-0.2, 0) is 9.59 Å². The van der Waals surface area contributed by atoms with Gasteiger partial charge in [-0.2, -0.15) is 0 Å². The summed E-state index contributed by atoms with van der Waals surface area (Å²) < 4.78 is 0. The summed E-state index contributed by atoms with van der Waals surface area (Å²) in [7, 11) is 0. The number of rotatable bonds is 2. The molecule has 0 aliphatic carbocycles. The summed E-state index contributed by atoms with van der Waals surface area (Å²) in [6.07, 6.45) is 0.993. The lowest BCUT2D eigenvalue weighted by atomic mass is 9.98. The lowest BCUT2D eigenvalue weighted by Crippen LogP contribution is -2.40. The number of para-hydroxylation sites is 2. The summed E-state index contributed by atoms with van der Waals surface area (Å²) in [5.41, 5.74) is 6.90. The number of carbonyl (C=O) groups excluding carboxylic acids is 2. The van der Waals surface area contributed by atoms with Gasteiger partial charge in [0.15, 0.2) is 0 Å². The van der Waals surface area contributed by atoms with Crippen molar-refractivity contribution < 1.29 is 9.59 Å². The van der Waals surface area contributed by atoms with Crippen LogP contribution in [0.15, 0.2) is 24.3 Å². The van der Waals surface area contributed by atoms with Gasteiger partial charge in [0.25, 0.3) is 0 Å². The average Bonchev–Trinajstić information content (AvgIpc) is 2.33. The number of nitrogen functional groups attached to an aromatic ring is 1. The van der Waals surface area contributed by atoms with Gasteiger partial charge in [-0.3, -0.25) is 9.59 Å². The Kier molecular flexibility index (Phi) is 3.27. The lowest BCUT2D eigenvalue weighted by Gasteiger charge is -2.21. The first-order valence-corrected chi connectivity index (χ1v) is 5.59. The number of hydrogen-bond acceptors (Lipinski definition) is 3. The van der Waals surface area contributed by atoms with Gasteiger partial charge in [0.2, 0.25) is 11.8 Å². The third-order valence-electron chi connectivity index (χ3n) is 2.85. The molecule has 1 saturated heterocycles. The van der Waals surface area contributed by atoms with Gasteiger partial charge < -0.3 is 16.4 Å². The Balaban J connectivity index is 1.98.